The Hall–Kier alpha value is -4.16. The van der Waals surface area contributed by atoms with Crippen molar-refractivity contribution < 1.29 is 23.2 Å². The summed E-state index contributed by atoms with van der Waals surface area (Å²) in [6, 6.07) is 17.0. The van der Waals surface area contributed by atoms with Crippen molar-refractivity contribution in [1.82, 2.24) is 0 Å². The Morgan fingerprint density at radius 1 is 1.11 bits per heavy atom. The second-order valence-electron chi connectivity index (χ2n) is 7.38. The molecule has 0 heterocycles. The number of aliphatic hydroxyl groups is 1. The van der Waals surface area contributed by atoms with Gasteiger partial charge in [0.15, 0.2) is 0 Å². The van der Waals surface area contributed by atoms with E-state index >= 15 is 0 Å². The number of likely N-dealkylation sites (N-methyl/N-ethyl adjacent to an activating group) is 1. The number of hydrazone groups is 1. The molecule has 3 aromatic rings. The molecule has 11 nitrogen and oxygen atoms in total. The van der Waals surface area contributed by atoms with Crippen molar-refractivity contribution in [2.75, 3.05) is 42.4 Å². The van der Waals surface area contributed by atoms with Crippen LogP contribution in [0.3, 0.4) is 0 Å². The van der Waals surface area contributed by atoms with Crippen LogP contribution in [0.1, 0.15) is 5.56 Å². The monoisotopic (exact) mass is 499 g/mol. The minimum absolute atomic E-state index is 0.0391. The summed E-state index contributed by atoms with van der Waals surface area (Å²) >= 11 is 0. The van der Waals surface area contributed by atoms with Gasteiger partial charge in [-0.2, -0.15) is 5.10 Å². The molecule has 0 fully saturated rings. The van der Waals surface area contributed by atoms with Gasteiger partial charge >= 0.3 is 0 Å². The first kappa shape index (κ1) is 25.5. The molecule has 0 unspecified atom stereocenters. The van der Waals surface area contributed by atoms with Gasteiger partial charge in [0.1, 0.15) is 10.6 Å². The number of aliphatic hydroxyl groups excluding tert-OH is 1. The molecule has 0 amide bonds. The topological polar surface area (TPSA) is 146 Å². The number of nitro benzene ring substituents is 1. The summed E-state index contributed by atoms with van der Waals surface area (Å²) in [5.41, 5.74) is 4.26. The van der Waals surface area contributed by atoms with E-state index in [-0.39, 0.29) is 28.6 Å². The molecule has 3 aromatic carbocycles. The van der Waals surface area contributed by atoms with Crippen LogP contribution in [0.25, 0.3) is 0 Å². The average molecular weight is 500 g/mol. The third-order valence-corrected chi connectivity index (χ3v) is 6.40. The summed E-state index contributed by atoms with van der Waals surface area (Å²) in [4.78, 5) is 12.1. The molecule has 0 bridgehead atoms. The highest BCUT2D eigenvalue weighted by Crippen LogP contribution is 2.29. The molecule has 0 aliphatic rings. The van der Waals surface area contributed by atoms with E-state index in [9.17, 15) is 18.5 Å². The second-order valence-corrected chi connectivity index (χ2v) is 9.03. The van der Waals surface area contributed by atoms with Gasteiger partial charge in [0, 0.05) is 37.1 Å². The zero-order chi connectivity index (χ0) is 25.4. The lowest BCUT2D eigenvalue weighted by molar-refractivity contribution is -0.385. The van der Waals surface area contributed by atoms with Crippen LogP contribution in [-0.4, -0.2) is 52.0 Å². The van der Waals surface area contributed by atoms with Gasteiger partial charge in [-0.15, -0.1) is 0 Å². The molecular weight excluding hydrogens is 474 g/mol. The fourth-order valence-corrected chi connectivity index (χ4v) is 4.31. The smallest absolute Gasteiger partial charge is 0.270 e. The SMILES string of the molecule is COc1ccc(NS(=O)(=O)c2cc([N+](=O)[O-])ccc2NN=Cc2ccc(N(C)CCO)cc2)cc1. The Kier molecular flexibility index (Phi) is 8.23. The number of rotatable bonds is 11. The van der Waals surface area contributed by atoms with Gasteiger partial charge in [0.05, 0.1) is 30.5 Å². The molecule has 0 atom stereocenters. The van der Waals surface area contributed by atoms with Crippen molar-refractivity contribution in [3.8, 4) is 5.75 Å². The highest BCUT2D eigenvalue weighted by atomic mass is 32.2. The number of anilines is 3. The number of non-ortho nitro benzene ring substituents is 1. The Morgan fingerprint density at radius 3 is 2.40 bits per heavy atom. The van der Waals surface area contributed by atoms with Crippen molar-refractivity contribution in [3.05, 3.63) is 82.4 Å². The summed E-state index contributed by atoms with van der Waals surface area (Å²) in [5.74, 6) is 0.549. The molecule has 3 rings (SSSR count). The lowest BCUT2D eigenvalue weighted by Crippen LogP contribution is -2.20. The Morgan fingerprint density at radius 2 is 1.80 bits per heavy atom. The molecule has 12 heteroatoms. The van der Waals surface area contributed by atoms with Crippen LogP contribution in [0.5, 0.6) is 5.75 Å². The predicted molar refractivity (Wildman–Crippen MR) is 135 cm³/mol. The molecular formula is C23H25N5O6S. The van der Waals surface area contributed by atoms with Crippen molar-refractivity contribution in [3.63, 3.8) is 0 Å². The van der Waals surface area contributed by atoms with Gasteiger partial charge in [0.2, 0.25) is 0 Å². The highest BCUT2D eigenvalue weighted by Gasteiger charge is 2.22. The molecule has 0 radical (unpaired) electrons. The molecule has 0 aliphatic carbocycles. The van der Waals surface area contributed by atoms with E-state index in [0.717, 1.165) is 17.3 Å². The van der Waals surface area contributed by atoms with Gasteiger partial charge in [0.25, 0.3) is 15.7 Å². The number of methoxy groups -OCH3 is 1. The standard InChI is InChI=1S/C23H25N5O6S/c1-27(13-14-29)19-7-3-17(4-8-19)16-24-25-22-12-9-20(28(30)31)15-23(22)35(32,33)26-18-5-10-21(34-2)11-6-18/h3-12,15-16,25-26,29H,13-14H2,1-2H3. The average Bonchev–Trinajstić information content (AvgIpc) is 2.85. The first-order valence-electron chi connectivity index (χ1n) is 10.4. The number of nitrogens with zero attached hydrogens (tertiary/aromatic N) is 3. The lowest BCUT2D eigenvalue weighted by Gasteiger charge is -2.17. The first-order chi connectivity index (χ1) is 16.7. The van der Waals surface area contributed by atoms with E-state index in [4.69, 9.17) is 9.84 Å². The minimum atomic E-state index is -4.19. The van der Waals surface area contributed by atoms with E-state index in [1.807, 2.05) is 36.2 Å². The maximum Gasteiger partial charge on any atom is 0.270 e. The maximum atomic E-state index is 13.1. The Bertz CT molecular complexity index is 1290. The molecule has 0 saturated heterocycles. The zero-order valence-electron chi connectivity index (χ0n) is 19.1. The third kappa shape index (κ3) is 6.68. The number of nitrogens with one attached hydrogen (secondary N) is 2. The summed E-state index contributed by atoms with van der Waals surface area (Å²) in [5, 5.41) is 24.4. The molecule has 3 N–H and O–H groups in total. The molecule has 35 heavy (non-hydrogen) atoms. The fraction of sp³-hybridized carbons (Fsp3) is 0.174. The number of benzene rings is 3. The quantitative estimate of drug-likeness (QED) is 0.207. The second kappa shape index (κ2) is 11.3. The number of hydrogen-bond donors (Lipinski definition) is 3. The Labute approximate surface area is 202 Å². The minimum Gasteiger partial charge on any atom is -0.497 e. The summed E-state index contributed by atoms with van der Waals surface area (Å²) in [6.07, 6.45) is 1.49. The highest BCUT2D eigenvalue weighted by molar-refractivity contribution is 7.92. The number of hydrogen-bond acceptors (Lipinski definition) is 9. The van der Waals surface area contributed by atoms with Crippen LogP contribution >= 0.6 is 0 Å². The van der Waals surface area contributed by atoms with Crippen LogP contribution < -0.4 is 19.8 Å². The van der Waals surface area contributed by atoms with E-state index in [2.05, 4.69) is 15.2 Å². The van der Waals surface area contributed by atoms with Crippen molar-refractivity contribution in [2.24, 2.45) is 5.10 Å². The summed E-state index contributed by atoms with van der Waals surface area (Å²) in [7, 11) is -0.843. The van der Waals surface area contributed by atoms with Gasteiger partial charge in [-0.25, -0.2) is 8.42 Å². The van der Waals surface area contributed by atoms with Crippen LogP contribution in [0.2, 0.25) is 0 Å². The van der Waals surface area contributed by atoms with Crippen LogP contribution in [-0.2, 0) is 10.0 Å². The number of nitro groups is 1. The fourth-order valence-electron chi connectivity index (χ4n) is 3.08. The van der Waals surface area contributed by atoms with Crippen LogP contribution in [0.4, 0.5) is 22.7 Å². The normalized spacial score (nSPS) is 11.3. The summed E-state index contributed by atoms with van der Waals surface area (Å²) in [6.45, 7) is 0.536. The summed E-state index contributed by atoms with van der Waals surface area (Å²) < 4.78 is 33.6. The number of sulfonamides is 1. The molecule has 0 spiro atoms. The first-order valence-corrected chi connectivity index (χ1v) is 11.9. The zero-order valence-corrected chi connectivity index (χ0v) is 19.9. The van der Waals surface area contributed by atoms with E-state index in [1.165, 1.54) is 37.6 Å². The van der Waals surface area contributed by atoms with E-state index in [0.29, 0.717) is 12.3 Å². The molecule has 0 aromatic heterocycles. The lowest BCUT2D eigenvalue weighted by atomic mass is 10.2. The van der Waals surface area contributed by atoms with Crippen LogP contribution in [0.15, 0.2) is 76.7 Å². The van der Waals surface area contributed by atoms with Gasteiger partial charge < -0.3 is 14.7 Å². The number of ether oxygens (including phenoxy) is 1. The van der Waals surface area contributed by atoms with Gasteiger partial charge in [-0.3, -0.25) is 20.3 Å². The maximum absolute atomic E-state index is 13.1. The Balaban J connectivity index is 1.83. The van der Waals surface area contributed by atoms with Gasteiger partial charge in [-0.05, 0) is 48.0 Å². The third-order valence-electron chi connectivity index (χ3n) is 4.98. The van der Waals surface area contributed by atoms with E-state index in [1.54, 1.807) is 12.1 Å². The largest absolute Gasteiger partial charge is 0.497 e. The van der Waals surface area contributed by atoms with Crippen molar-refractivity contribution in [1.29, 1.82) is 0 Å². The van der Waals surface area contributed by atoms with Crippen LogP contribution in [0, 0.1) is 10.1 Å². The molecule has 0 saturated carbocycles. The van der Waals surface area contributed by atoms with Gasteiger partial charge in [-0.1, -0.05) is 12.1 Å². The van der Waals surface area contributed by atoms with Crippen molar-refractivity contribution >= 4 is 39.0 Å². The molecule has 0 aliphatic heterocycles. The molecule has 184 valence electrons. The van der Waals surface area contributed by atoms with Crippen molar-refractivity contribution in [2.45, 2.75) is 4.90 Å². The van der Waals surface area contributed by atoms with E-state index < -0.39 is 14.9 Å². The predicted octanol–water partition coefficient (Wildman–Crippen LogP) is 3.28.